The van der Waals surface area contributed by atoms with E-state index in [1.54, 1.807) is 0 Å². The van der Waals surface area contributed by atoms with Crippen LogP contribution in [-0.4, -0.2) is 36.0 Å². The lowest BCUT2D eigenvalue weighted by molar-refractivity contribution is -0.123. The van der Waals surface area contributed by atoms with Crippen molar-refractivity contribution in [3.63, 3.8) is 0 Å². The first-order valence-corrected chi connectivity index (χ1v) is 5.59. The molecule has 0 aliphatic carbocycles. The maximum Gasteiger partial charge on any atom is 0.185 e. The fraction of sp³-hybridized carbons (Fsp3) is 0.462. The van der Waals surface area contributed by atoms with Crippen molar-refractivity contribution in [3.8, 4) is 0 Å². The summed E-state index contributed by atoms with van der Waals surface area (Å²) in [5, 5.41) is 0. The number of epoxide rings is 1. The minimum absolute atomic E-state index is 0.00917. The maximum atomic E-state index is 12.1. The number of hydrogen-bond donors (Lipinski definition) is 0. The molecule has 84 valence electrons. The average Bonchev–Trinajstić information content (AvgIpc) is 3.18. The Hall–Kier alpha value is -1.19. The molecule has 2 saturated heterocycles. The molecule has 1 aromatic carbocycles. The van der Waals surface area contributed by atoms with Crippen LogP contribution in [0.5, 0.6) is 0 Å². The van der Waals surface area contributed by atoms with Gasteiger partial charge in [0.05, 0.1) is 18.7 Å². The lowest BCUT2D eigenvalue weighted by Gasteiger charge is -2.01. The van der Waals surface area contributed by atoms with E-state index in [2.05, 4.69) is 17.0 Å². The smallest absolute Gasteiger partial charge is 0.185 e. The highest BCUT2D eigenvalue weighted by Gasteiger charge is 2.60. The van der Waals surface area contributed by atoms with Crippen molar-refractivity contribution in [3.05, 3.63) is 35.9 Å². The number of ether oxygens (including phenoxy) is 1. The second kappa shape index (κ2) is 3.15. The molecule has 0 spiro atoms. The van der Waals surface area contributed by atoms with Crippen LogP contribution in [0.3, 0.4) is 0 Å². The third-order valence-electron chi connectivity index (χ3n) is 3.60. The average molecular weight is 217 g/mol. The van der Waals surface area contributed by atoms with Gasteiger partial charge >= 0.3 is 0 Å². The highest BCUT2D eigenvalue weighted by atomic mass is 16.6. The fourth-order valence-electron chi connectivity index (χ4n) is 2.30. The van der Waals surface area contributed by atoms with Gasteiger partial charge in [-0.2, -0.15) is 0 Å². The molecule has 0 bridgehead atoms. The monoisotopic (exact) mass is 217 g/mol. The van der Waals surface area contributed by atoms with Crippen LogP contribution in [0.4, 0.5) is 0 Å². The molecular formula is C13H15NO2. The second-order valence-corrected chi connectivity index (χ2v) is 4.85. The molecule has 2 heterocycles. The molecule has 3 heteroatoms. The zero-order valence-electron chi connectivity index (χ0n) is 9.51. The van der Waals surface area contributed by atoms with Gasteiger partial charge in [-0.25, -0.2) is 0 Å². The first-order valence-electron chi connectivity index (χ1n) is 5.59. The number of ketones is 1. The summed E-state index contributed by atoms with van der Waals surface area (Å²) in [5.41, 5.74) is 0.718. The van der Waals surface area contributed by atoms with Gasteiger partial charge in [-0.1, -0.05) is 30.3 Å². The van der Waals surface area contributed by atoms with E-state index in [9.17, 15) is 4.79 Å². The number of Topliss-reactive ketones (excluding diaryl/α,β-unsaturated/α-hetero) is 1. The minimum atomic E-state index is -0.498. The summed E-state index contributed by atoms with van der Waals surface area (Å²) in [5.74, 6) is 0.226. The van der Waals surface area contributed by atoms with Crippen LogP contribution < -0.4 is 0 Å². The summed E-state index contributed by atoms with van der Waals surface area (Å²) in [6.45, 7) is 2.46. The highest BCUT2D eigenvalue weighted by Crippen LogP contribution is 2.46. The van der Waals surface area contributed by atoms with Gasteiger partial charge in [-0.05, 0) is 19.5 Å². The van der Waals surface area contributed by atoms with Gasteiger partial charge in [0, 0.05) is 0 Å². The van der Waals surface area contributed by atoms with Crippen molar-refractivity contribution in [2.24, 2.45) is 0 Å². The Labute approximate surface area is 95.0 Å². The van der Waals surface area contributed by atoms with E-state index >= 15 is 0 Å². The van der Waals surface area contributed by atoms with Crippen molar-refractivity contribution in [2.45, 2.75) is 24.6 Å². The second-order valence-electron chi connectivity index (χ2n) is 4.85. The SMILES string of the molecule is CN1C(C(=O)C2(C)CO2)C1c1ccccc1. The van der Waals surface area contributed by atoms with E-state index in [1.807, 2.05) is 32.2 Å². The first kappa shape index (κ1) is 10.00. The molecule has 2 fully saturated rings. The molecule has 4 atom stereocenters. The van der Waals surface area contributed by atoms with Crippen molar-refractivity contribution in [1.29, 1.82) is 0 Å². The predicted octanol–water partition coefficient (Wildman–Crippen LogP) is 1.40. The van der Waals surface area contributed by atoms with Crippen LogP contribution in [-0.2, 0) is 9.53 Å². The van der Waals surface area contributed by atoms with Gasteiger partial charge in [-0.3, -0.25) is 9.69 Å². The van der Waals surface area contributed by atoms with Crippen LogP contribution in [0.1, 0.15) is 18.5 Å². The van der Waals surface area contributed by atoms with Crippen molar-refractivity contribution in [1.82, 2.24) is 4.90 Å². The minimum Gasteiger partial charge on any atom is -0.362 e. The number of carbonyl (C=O) groups excluding carboxylic acids is 1. The number of carbonyl (C=O) groups is 1. The highest BCUT2D eigenvalue weighted by molar-refractivity contribution is 5.96. The third-order valence-corrected chi connectivity index (χ3v) is 3.60. The van der Waals surface area contributed by atoms with E-state index < -0.39 is 5.60 Å². The molecule has 0 saturated carbocycles. The van der Waals surface area contributed by atoms with E-state index in [4.69, 9.17) is 4.74 Å². The topological polar surface area (TPSA) is 32.6 Å². The lowest BCUT2D eigenvalue weighted by atomic mass is 10.0. The molecular weight excluding hydrogens is 202 g/mol. The van der Waals surface area contributed by atoms with Gasteiger partial charge in [0.15, 0.2) is 5.78 Å². The van der Waals surface area contributed by atoms with Crippen molar-refractivity contribution < 1.29 is 9.53 Å². The summed E-state index contributed by atoms with van der Waals surface area (Å²) in [6.07, 6.45) is 0. The van der Waals surface area contributed by atoms with Crippen molar-refractivity contribution >= 4 is 5.78 Å². The van der Waals surface area contributed by atoms with Crippen LogP contribution in [0.2, 0.25) is 0 Å². The summed E-state index contributed by atoms with van der Waals surface area (Å²) in [6, 6.07) is 10.4. The van der Waals surface area contributed by atoms with Crippen LogP contribution in [0, 0.1) is 0 Å². The zero-order valence-corrected chi connectivity index (χ0v) is 9.51. The lowest BCUT2D eigenvalue weighted by Crippen LogP contribution is -2.27. The summed E-state index contributed by atoms with van der Waals surface area (Å²) < 4.78 is 5.22. The van der Waals surface area contributed by atoms with E-state index in [0.29, 0.717) is 6.61 Å². The van der Waals surface area contributed by atoms with E-state index in [-0.39, 0.29) is 17.9 Å². The standard InChI is InChI=1S/C13H15NO2/c1-13(8-16-13)12(15)11-10(14(11)2)9-6-4-3-5-7-9/h3-7,10-11H,8H2,1-2H3. The Kier molecular flexibility index (Phi) is 1.97. The summed E-state index contributed by atoms with van der Waals surface area (Å²) in [4.78, 5) is 14.2. The molecule has 16 heavy (non-hydrogen) atoms. The molecule has 2 aliphatic rings. The Bertz CT molecular complexity index is 425. The zero-order chi connectivity index (χ0) is 11.3. The Morgan fingerprint density at radius 2 is 2.06 bits per heavy atom. The Balaban J connectivity index is 1.79. The maximum absolute atomic E-state index is 12.1. The number of nitrogens with zero attached hydrogens (tertiary/aromatic N) is 1. The number of benzene rings is 1. The largest absolute Gasteiger partial charge is 0.362 e. The molecule has 3 nitrogen and oxygen atoms in total. The predicted molar refractivity (Wildman–Crippen MR) is 60.1 cm³/mol. The molecule has 0 aromatic heterocycles. The Morgan fingerprint density at radius 3 is 2.62 bits per heavy atom. The van der Waals surface area contributed by atoms with Crippen molar-refractivity contribution in [2.75, 3.05) is 13.7 Å². The van der Waals surface area contributed by atoms with Gasteiger partial charge in [0.25, 0.3) is 0 Å². The number of rotatable bonds is 3. The first-order chi connectivity index (χ1) is 7.63. The van der Waals surface area contributed by atoms with Gasteiger partial charge in [0.1, 0.15) is 5.60 Å². The third kappa shape index (κ3) is 1.39. The van der Waals surface area contributed by atoms with E-state index in [0.717, 1.165) is 0 Å². The van der Waals surface area contributed by atoms with Crippen LogP contribution in [0.25, 0.3) is 0 Å². The molecule has 0 amide bonds. The summed E-state index contributed by atoms with van der Waals surface area (Å²) in [7, 11) is 1.99. The number of likely N-dealkylation sites (N-methyl/N-ethyl adjacent to an activating group) is 1. The molecule has 0 radical (unpaired) electrons. The molecule has 4 unspecified atom stereocenters. The molecule has 0 N–H and O–H groups in total. The normalized spacial score (nSPS) is 40.5. The molecule has 2 aliphatic heterocycles. The number of hydrogen-bond acceptors (Lipinski definition) is 3. The van der Waals surface area contributed by atoms with E-state index in [1.165, 1.54) is 5.56 Å². The van der Waals surface area contributed by atoms with Gasteiger partial charge in [0.2, 0.25) is 0 Å². The van der Waals surface area contributed by atoms with Crippen LogP contribution in [0.15, 0.2) is 30.3 Å². The van der Waals surface area contributed by atoms with Crippen LogP contribution >= 0.6 is 0 Å². The molecule has 3 rings (SSSR count). The summed E-state index contributed by atoms with van der Waals surface area (Å²) >= 11 is 0. The Morgan fingerprint density at radius 1 is 1.44 bits per heavy atom. The quantitative estimate of drug-likeness (QED) is 0.717. The van der Waals surface area contributed by atoms with Gasteiger partial charge < -0.3 is 4.74 Å². The molecule has 1 aromatic rings. The fourth-order valence-corrected chi connectivity index (χ4v) is 2.30. The van der Waals surface area contributed by atoms with Gasteiger partial charge in [-0.15, -0.1) is 0 Å².